The first kappa shape index (κ1) is 21.4. The Morgan fingerprint density at radius 2 is 1.44 bits per heavy atom. The summed E-state index contributed by atoms with van der Waals surface area (Å²) < 4.78 is 0. The van der Waals surface area contributed by atoms with Crippen LogP contribution in [0.15, 0.2) is 36.5 Å². The maximum absolute atomic E-state index is 3.60. The average Bonchev–Trinajstić information content (AvgIpc) is 2.94. The molecule has 0 aromatic heterocycles. The maximum atomic E-state index is 3.60. The van der Waals surface area contributed by atoms with Crippen molar-refractivity contribution in [3.8, 4) is 0 Å². The van der Waals surface area contributed by atoms with E-state index in [9.17, 15) is 0 Å². The molecular formula is C14H19ClZr-. The summed E-state index contributed by atoms with van der Waals surface area (Å²) in [6.45, 7) is 5.72. The first-order chi connectivity index (χ1) is 6.91. The molecule has 2 aliphatic carbocycles. The third kappa shape index (κ3) is 19.7. The van der Waals surface area contributed by atoms with Gasteiger partial charge in [0, 0.05) is 0 Å². The van der Waals surface area contributed by atoms with Crippen molar-refractivity contribution in [1.29, 1.82) is 0 Å². The molecule has 87 valence electrons. The van der Waals surface area contributed by atoms with Gasteiger partial charge in [0.05, 0.1) is 0 Å². The Bertz CT molecular complexity index is 171. The van der Waals surface area contributed by atoms with Crippen molar-refractivity contribution < 1.29 is 38.6 Å². The van der Waals surface area contributed by atoms with Gasteiger partial charge in [0.2, 0.25) is 0 Å². The second-order valence-electron chi connectivity index (χ2n) is 2.86. The van der Waals surface area contributed by atoms with Crippen LogP contribution >= 0.6 is 0 Å². The Kier molecular flexibility index (Phi) is 27.5. The molecule has 0 fully saturated rings. The van der Waals surface area contributed by atoms with Gasteiger partial charge in [-0.15, -0.1) is 12.8 Å². The van der Waals surface area contributed by atoms with E-state index < -0.39 is 0 Å². The van der Waals surface area contributed by atoms with Gasteiger partial charge in [0.25, 0.3) is 0 Å². The van der Waals surface area contributed by atoms with Gasteiger partial charge in [0.15, 0.2) is 0 Å². The van der Waals surface area contributed by atoms with Gasteiger partial charge >= 0.3 is 26.2 Å². The Labute approximate surface area is 126 Å². The van der Waals surface area contributed by atoms with E-state index in [4.69, 9.17) is 0 Å². The fourth-order valence-electron chi connectivity index (χ4n) is 0.680. The van der Waals surface area contributed by atoms with E-state index in [-0.39, 0.29) is 38.6 Å². The summed E-state index contributed by atoms with van der Waals surface area (Å²) in [6, 6.07) is 0. The van der Waals surface area contributed by atoms with Gasteiger partial charge in [-0.1, -0.05) is 13.3 Å². The van der Waals surface area contributed by atoms with Gasteiger partial charge < -0.3 is 19.3 Å². The fourth-order valence-corrected chi connectivity index (χ4v) is 0.680. The molecule has 0 saturated heterocycles. The average molecular weight is 314 g/mol. The minimum atomic E-state index is 0. The van der Waals surface area contributed by atoms with Gasteiger partial charge in [-0.25, -0.2) is 24.3 Å². The minimum Gasteiger partial charge on any atom is -1.00 e. The molecule has 0 aromatic rings. The van der Waals surface area contributed by atoms with E-state index in [1.54, 1.807) is 0 Å². The van der Waals surface area contributed by atoms with Crippen LogP contribution in [0.25, 0.3) is 0 Å². The van der Waals surface area contributed by atoms with Crippen molar-refractivity contribution in [2.75, 3.05) is 0 Å². The number of hydrogen-bond donors (Lipinski definition) is 0. The van der Waals surface area contributed by atoms with E-state index in [1.165, 1.54) is 6.42 Å². The Morgan fingerprint density at radius 1 is 1.06 bits per heavy atom. The Balaban J connectivity index is -0.000000151. The van der Waals surface area contributed by atoms with Crippen molar-refractivity contribution in [3.05, 3.63) is 55.5 Å². The summed E-state index contributed by atoms with van der Waals surface area (Å²) in [5.74, 6) is 0. The van der Waals surface area contributed by atoms with Gasteiger partial charge in [-0.2, -0.15) is 18.6 Å². The monoisotopic (exact) mass is 312 g/mol. The normalized spacial score (nSPS) is 12.9. The molecule has 0 N–H and O–H groups in total. The van der Waals surface area contributed by atoms with Gasteiger partial charge in [-0.05, 0) is 0 Å². The molecule has 0 nitrogen and oxygen atoms in total. The smallest absolute Gasteiger partial charge is 1.00 e. The zero-order chi connectivity index (χ0) is 10.5. The van der Waals surface area contributed by atoms with Crippen molar-refractivity contribution in [3.63, 3.8) is 0 Å². The predicted molar refractivity (Wildman–Crippen MR) is 63.4 cm³/mol. The van der Waals surface area contributed by atoms with Crippen LogP contribution in [0.4, 0.5) is 0 Å². The van der Waals surface area contributed by atoms with Crippen LogP contribution < -0.4 is 12.4 Å². The molecule has 2 aliphatic rings. The molecule has 0 unspecified atom stereocenters. The Morgan fingerprint density at radius 3 is 1.50 bits per heavy atom. The molecule has 0 heterocycles. The zero-order valence-electron chi connectivity index (χ0n) is 9.88. The molecular weight excluding hydrogens is 295 g/mol. The maximum Gasteiger partial charge on any atom is 3.00 e. The first-order valence-electron chi connectivity index (χ1n) is 5.14. The van der Waals surface area contributed by atoms with Crippen LogP contribution in [0.3, 0.4) is 0 Å². The molecule has 0 spiro atoms. The molecule has 0 amide bonds. The van der Waals surface area contributed by atoms with E-state index in [0.29, 0.717) is 0 Å². The third-order valence-electron chi connectivity index (χ3n) is 1.53. The van der Waals surface area contributed by atoms with Crippen LogP contribution in [-0.2, 0) is 26.2 Å². The van der Waals surface area contributed by atoms with Crippen LogP contribution in [0.5, 0.6) is 0 Å². The quantitative estimate of drug-likeness (QED) is 0.639. The second-order valence-corrected chi connectivity index (χ2v) is 2.86. The summed E-state index contributed by atoms with van der Waals surface area (Å²) >= 11 is 0. The van der Waals surface area contributed by atoms with E-state index >= 15 is 0 Å². The molecule has 0 saturated carbocycles. The van der Waals surface area contributed by atoms with Gasteiger partial charge in [0.1, 0.15) is 0 Å². The summed E-state index contributed by atoms with van der Waals surface area (Å²) in [4.78, 5) is 0. The third-order valence-corrected chi connectivity index (χ3v) is 1.53. The van der Waals surface area contributed by atoms with Crippen LogP contribution in [0.2, 0.25) is 0 Å². The number of halogens is 1. The zero-order valence-corrected chi connectivity index (χ0v) is 13.1. The summed E-state index contributed by atoms with van der Waals surface area (Å²) in [5, 5.41) is 0. The summed E-state index contributed by atoms with van der Waals surface area (Å²) in [6.07, 6.45) is 22.3. The topological polar surface area (TPSA) is 0 Å². The molecule has 0 atom stereocenters. The van der Waals surface area contributed by atoms with Crippen molar-refractivity contribution in [1.82, 2.24) is 0 Å². The number of rotatable bonds is 1. The summed E-state index contributed by atoms with van der Waals surface area (Å²) in [7, 11) is 0. The largest absolute Gasteiger partial charge is 3.00 e. The van der Waals surface area contributed by atoms with Gasteiger partial charge in [-0.3, -0.25) is 12.2 Å². The number of unbranched alkanes of at least 4 members (excludes halogenated alkanes) is 1. The molecule has 1 radical (unpaired) electrons. The van der Waals surface area contributed by atoms with Crippen LogP contribution in [0.1, 0.15) is 32.6 Å². The van der Waals surface area contributed by atoms with Crippen LogP contribution in [-0.4, -0.2) is 0 Å². The summed E-state index contributed by atoms with van der Waals surface area (Å²) in [5.41, 5.74) is 0. The molecule has 0 aliphatic heterocycles. The molecule has 2 heteroatoms. The van der Waals surface area contributed by atoms with E-state index in [2.05, 4.69) is 38.2 Å². The first-order valence-corrected chi connectivity index (χ1v) is 5.14. The standard InChI is InChI=1S/2C5H5.C4H9.ClH.Zr/c2*1-2-4-5-3-1;1-3-4-2;;/h2*1-3H,4H2;1,3-4H2,2H3;1H;/q3*-1;;+3/p-1. The Hall–Kier alpha value is 0.133. The molecule has 16 heavy (non-hydrogen) atoms. The van der Waals surface area contributed by atoms with Crippen molar-refractivity contribution in [2.24, 2.45) is 0 Å². The predicted octanol–water partition coefficient (Wildman–Crippen LogP) is 1.23. The fraction of sp³-hybridized carbons (Fsp3) is 0.357. The molecule has 2 rings (SSSR count). The number of hydrogen-bond acceptors (Lipinski definition) is 0. The van der Waals surface area contributed by atoms with E-state index in [0.717, 1.165) is 19.3 Å². The van der Waals surface area contributed by atoms with Crippen molar-refractivity contribution in [2.45, 2.75) is 32.6 Å². The van der Waals surface area contributed by atoms with Crippen molar-refractivity contribution >= 4 is 0 Å². The minimum absolute atomic E-state index is 0. The SMILES string of the molecule is [C-]1=CC=CC1.[C-]1=CC=CC1.[CH2-]CCC.[Cl-].[Zr+3]. The number of allylic oxidation sites excluding steroid dienone is 8. The second kappa shape index (κ2) is 20.5. The van der Waals surface area contributed by atoms with E-state index in [1.807, 2.05) is 24.3 Å². The van der Waals surface area contributed by atoms with Crippen LogP contribution in [0, 0.1) is 19.1 Å². The molecule has 0 bridgehead atoms. The molecule has 0 aromatic carbocycles.